The van der Waals surface area contributed by atoms with E-state index < -0.39 is 0 Å². The lowest BCUT2D eigenvalue weighted by molar-refractivity contribution is -0.125. The van der Waals surface area contributed by atoms with Crippen LogP contribution in [-0.4, -0.2) is 21.5 Å². The predicted octanol–water partition coefficient (Wildman–Crippen LogP) is 1.61. The summed E-state index contributed by atoms with van der Waals surface area (Å²) in [7, 11) is 0. The van der Waals surface area contributed by atoms with E-state index in [0.29, 0.717) is 11.3 Å². The van der Waals surface area contributed by atoms with Gasteiger partial charge in [0.25, 0.3) is 0 Å². The third-order valence-corrected chi connectivity index (χ3v) is 3.46. The molecule has 0 aliphatic rings. The minimum Gasteiger partial charge on any atom is -0.352 e. The second-order valence-electron chi connectivity index (χ2n) is 5.12. The molecule has 1 aromatic heterocycles. The Balaban J connectivity index is 2.03. The smallest absolute Gasteiger partial charge is 0.224 e. The van der Waals surface area contributed by atoms with E-state index in [9.17, 15) is 9.18 Å². The van der Waals surface area contributed by atoms with Crippen molar-refractivity contribution in [3.05, 3.63) is 48.3 Å². The number of imidazole rings is 1. The first-order chi connectivity index (χ1) is 9.99. The number of hydrogen-bond donors (Lipinski definition) is 2. The SMILES string of the molecule is CC(N)C(C)C(=O)NCc1ccc(-n2ccnc2)c(F)c1. The van der Waals surface area contributed by atoms with Gasteiger partial charge in [0.15, 0.2) is 0 Å². The van der Waals surface area contributed by atoms with Crippen molar-refractivity contribution in [2.75, 3.05) is 0 Å². The maximum absolute atomic E-state index is 14.0. The third kappa shape index (κ3) is 3.66. The van der Waals surface area contributed by atoms with Crippen molar-refractivity contribution in [1.29, 1.82) is 0 Å². The first kappa shape index (κ1) is 15.2. The molecule has 2 rings (SSSR count). The molecule has 2 atom stereocenters. The summed E-state index contributed by atoms with van der Waals surface area (Å²) < 4.78 is 15.6. The van der Waals surface area contributed by atoms with E-state index in [1.807, 2.05) is 0 Å². The molecular formula is C15H19FN4O. The summed E-state index contributed by atoms with van der Waals surface area (Å²) in [6.07, 6.45) is 4.79. The maximum atomic E-state index is 14.0. The van der Waals surface area contributed by atoms with Gasteiger partial charge in [0.1, 0.15) is 5.82 Å². The van der Waals surface area contributed by atoms with Crippen LogP contribution < -0.4 is 11.1 Å². The Hall–Kier alpha value is -2.21. The highest BCUT2D eigenvalue weighted by molar-refractivity contribution is 5.78. The van der Waals surface area contributed by atoms with Crippen molar-refractivity contribution in [2.24, 2.45) is 11.7 Å². The molecule has 0 fully saturated rings. The molecule has 0 saturated heterocycles. The molecule has 0 radical (unpaired) electrons. The van der Waals surface area contributed by atoms with E-state index in [2.05, 4.69) is 10.3 Å². The Bertz CT molecular complexity index is 610. The van der Waals surface area contributed by atoms with Gasteiger partial charge in [-0.05, 0) is 24.6 Å². The van der Waals surface area contributed by atoms with Gasteiger partial charge in [-0.25, -0.2) is 9.37 Å². The topological polar surface area (TPSA) is 72.9 Å². The van der Waals surface area contributed by atoms with Gasteiger partial charge < -0.3 is 15.6 Å². The number of carbonyl (C=O) groups excluding carboxylic acids is 1. The van der Waals surface area contributed by atoms with Gasteiger partial charge in [-0.1, -0.05) is 13.0 Å². The molecule has 3 N–H and O–H groups in total. The van der Waals surface area contributed by atoms with Crippen LogP contribution in [0, 0.1) is 11.7 Å². The monoisotopic (exact) mass is 290 g/mol. The summed E-state index contributed by atoms with van der Waals surface area (Å²) in [5, 5.41) is 2.76. The Morgan fingerprint density at radius 1 is 1.48 bits per heavy atom. The number of benzene rings is 1. The highest BCUT2D eigenvalue weighted by Crippen LogP contribution is 2.15. The number of halogens is 1. The minimum absolute atomic E-state index is 0.135. The van der Waals surface area contributed by atoms with Crippen molar-refractivity contribution in [1.82, 2.24) is 14.9 Å². The van der Waals surface area contributed by atoms with Gasteiger partial charge in [0.05, 0.1) is 12.0 Å². The highest BCUT2D eigenvalue weighted by atomic mass is 19.1. The number of hydrogen-bond acceptors (Lipinski definition) is 3. The van der Waals surface area contributed by atoms with Crippen LogP contribution in [0.3, 0.4) is 0 Å². The number of amides is 1. The molecule has 112 valence electrons. The fraction of sp³-hybridized carbons (Fsp3) is 0.333. The summed E-state index contributed by atoms with van der Waals surface area (Å²) in [6.45, 7) is 3.82. The van der Waals surface area contributed by atoms with E-state index in [1.165, 1.54) is 12.4 Å². The Kier molecular flexibility index (Phi) is 4.70. The molecule has 0 saturated carbocycles. The Labute approximate surface area is 123 Å². The molecule has 5 nitrogen and oxygen atoms in total. The Morgan fingerprint density at radius 2 is 2.24 bits per heavy atom. The number of nitrogens with one attached hydrogen (secondary N) is 1. The van der Waals surface area contributed by atoms with Crippen LogP contribution in [0.15, 0.2) is 36.9 Å². The molecule has 1 heterocycles. The predicted molar refractivity (Wildman–Crippen MR) is 78.2 cm³/mol. The average molecular weight is 290 g/mol. The fourth-order valence-corrected chi connectivity index (χ4v) is 1.86. The molecule has 21 heavy (non-hydrogen) atoms. The first-order valence-corrected chi connectivity index (χ1v) is 6.79. The van der Waals surface area contributed by atoms with Gasteiger partial charge >= 0.3 is 0 Å². The van der Waals surface area contributed by atoms with Gasteiger partial charge in [-0.15, -0.1) is 0 Å². The zero-order valence-corrected chi connectivity index (χ0v) is 12.1. The zero-order chi connectivity index (χ0) is 15.4. The van der Waals surface area contributed by atoms with Gasteiger partial charge in [-0.2, -0.15) is 0 Å². The second kappa shape index (κ2) is 6.49. The van der Waals surface area contributed by atoms with Crippen LogP contribution in [0.2, 0.25) is 0 Å². The van der Waals surface area contributed by atoms with Gasteiger partial charge in [-0.3, -0.25) is 4.79 Å². The lowest BCUT2D eigenvalue weighted by Gasteiger charge is -2.15. The molecule has 1 aromatic carbocycles. The first-order valence-electron chi connectivity index (χ1n) is 6.79. The summed E-state index contributed by atoms with van der Waals surface area (Å²) in [4.78, 5) is 15.7. The largest absolute Gasteiger partial charge is 0.352 e. The van der Waals surface area contributed by atoms with Crippen LogP contribution in [0.5, 0.6) is 0 Å². The van der Waals surface area contributed by atoms with Crippen molar-refractivity contribution < 1.29 is 9.18 Å². The van der Waals surface area contributed by atoms with E-state index in [1.54, 1.807) is 42.9 Å². The summed E-state index contributed by atoms with van der Waals surface area (Å²) in [6, 6.07) is 4.62. The van der Waals surface area contributed by atoms with Crippen LogP contribution in [0.4, 0.5) is 4.39 Å². The van der Waals surface area contributed by atoms with Gasteiger partial charge in [0.2, 0.25) is 5.91 Å². The van der Waals surface area contributed by atoms with E-state index >= 15 is 0 Å². The average Bonchev–Trinajstić information content (AvgIpc) is 2.97. The van der Waals surface area contributed by atoms with Crippen LogP contribution >= 0.6 is 0 Å². The summed E-state index contributed by atoms with van der Waals surface area (Å²) in [5.74, 6) is -0.774. The number of carbonyl (C=O) groups is 1. The number of nitrogens with zero attached hydrogens (tertiary/aromatic N) is 2. The number of rotatable bonds is 5. The van der Waals surface area contributed by atoms with Crippen molar-refractivity contribution >= 4 is 5.91 Å². The molecule has 0 aliphatic heterocycles. The maximum Gasteiger partial charge on any atom is 0.224 e. The fourth-order valence-electron chi connectivity index (χ4n) is 1.86. The Morgan fingerprint density at radius 3 is 2.81 bits per heavy atom. The highest BCUT2D eigenvalue weighted by Gasteiger charge is 2.16. The summed E-state index contributed by atoms with van der Waals surface area (Å²) in [5.41, 5.74) is 6.79. The van der Waals surface area contributed by atoms with E-state index in [-0.39, 0.29) is 30.2 Å². The quantitative estimate of drug-likeness (QED) is 0.878. The lowest BCUT2D eigenvalue weighted by atomic mass is 10.0. The molecule has 1 amide bonds. The molecular weight excluding hydrogens is 271 g/mol. The van der Waals surface area contributed by atoms with Crippen molar-refractivity contribution in [3.63, 3.8) is 0 Å². The molecule has 2 unspecified atom stereocenters. The zero-order valence-electron chi connectivity index (χ0n) is 12.1. The number of aromatic nitrogens is 2. The third-order valence-electron chi connectivity index (χ3n) is 3.46. The van der Waals surface area contributed by atoms with E-state index in [4.69, 9.17) is 5.73 Å². The van der Waals surface area contributed by atoms with Crippen molar-refractivity contribution in [3.8, 4) is 5.69 Å². The molecule has 2 aromatic rings. The molecule has 0 aliphatic carbocycles. The van der Waals surface area contributed by atoms with Gasteiger partial charge in [0, 0.05) is 30.9 Å². The lowest BCUT2D eigenvalue weighted by Crippen LogP contribution is -2.38. The summed E-state index contributed by atoms with van der Waals surface area (Å²) >= 11 is 0. The van der Waals surface area contributed by atoms with Crippen LogP contribution in [-0.2, 0) is 11.3 Å². The molecule has 0 bridgehead atoms. The molecule has 6 heteroatoms. The van der Waals surface area contributed by atoms with Crippen LogP contribution in [0.25, 0.3) is 5.69 Å². The standard InChI is InChI=1S/C15H19FN4O/c1-10(11(2)17)15(21)19-8-12-3-4-14(13(16)7-12)20-6-5-18-9-20/h3-7,9-11H,8,17H2,1-2H3,(H,19,21). The number of nitrogens with two attached hydrogens (primary N) is 1. The van der Waals surface area contributed by atoms with E-state index in [0.717, 1.165) is 0 Å². The van der Waals surface area contributed by atoms with Crippen LogP contribution in [0.1, 0.15) is 19.4 Å². The minimum atomic E-state index is -0.361. The molecule has 0 spiro atoms. The normalized spacial score (nSPS) is 13.7. The van der Waals surface area contributed by atoms with Crippen molar-refractivity contribution in [2.45, 2.75) is 26.4 Å². The second-order valence-corrected chi connectivity index (χ2v) is 5.12.